The molecule has 3 N–H and O–H groups in total. The van der Waals surface area contributed by atoms with Crippen LogP contribution in [0.1, 0.15) is 82.5 Å². The number of amides is 3. The van der Waals surface area contributed by atoms with Gasteiger partial charge < -0.3 is 15.4 Å². The number of hydrogen-bond acceptors (Lipinski definition) is 6. The number of fused-ring (bicyclic) bond motifs is 1. The molecule has 1 atom stereocenters. The molecule has 9 nitrogen and oxygen atoms in total. The number of carbonyl (C=O) groups excluding carboxylic acids is 4. The summed E-state index contributed by atoms with van der Waals surface area (Å²) in [6.07, 6.45) is 7.44. The Labute approximate surface area is 267 Å². The lowest BCUT2D eigenvalue weighted by Gasteiger charge is -2.26. The summed E-state index contributed by atoms with van der Waals surface area (Å²) in [5.74, 6) is -0.343. The maximum Gasteiger partial charge on any atom is 0.337 e. The van der Waals surface area contributed by atoms with Crippen LogP contribution in [0.2, 0.25) is 10.0 Å². The van der Waals surface area contributed by atoms with Gasteiger partial charge in [-0.15, -0.1) is 0 Å². The quantitative estimate of drug-likeness (QED) is 0.123. The number of ether oxygens (including phenoxy) is 1. The number of halogens is 2. The van der Waals surface area contributed by atoms with Crippen LogP contribution < -0.4 is 16.1 Å². The van der Waals surface area contributed by atoms with Crippen LogP contribution in [-0.4, -0.2) is 37.3 Å². The average molecular weight is 643 g/mol. The van der Waals surface area contributed by atoms with Crippen LogP contribution in [0.15, 0.2) is 66.7 Å². The minimum atomic E-state index is -0.403. The van der Waals surface area contributed by atoms with Gasteiger partial charge >= 0.3 is 5.97 Å². The van der Waals surface area contributed by atoms with E-state index in [9.17, 15) is 19.2 Å². The summed E-state index contributed by atoms with van der Waals surface area (Å²) >= 11 is 12.1. The molecular weight excluding hydrogens is 605 g/mol. The van der Waals surface area contributed by atoms with Crippen LogP contribution in [0.25, 0.3) is 0 Å². The first-order valence-electron chi connectivity index (χ1n) is 14.3. The average Bonchev–Trinajstić information content (AvgIpc) is 3.02. The summed E-state index contributed by atoms with van der Waals surface area (Å²) in [6, 6.07) is 20.1. The topological polar surface area (TPSA) is 123 Å². The lowest BCUT2D eigenvalue weighted by Crippen LogP contribution is -2.35. The number of carbonyl (C=O) groups is 4. The lowest BCUT2D eigenvalue weighted by atomic mass is 9.91. The number of esters is 1. The zero-order valence-corrected chi connectivity index (χ0v) is 26.2. The van der Waals surface area contributed by atoms with E-state index in [2.05, 4.69) is 20.9 Å². The Morgan fingerprint density at radius 3 is 2.43 bits per heavy atom. The van der Waals surface area contributed by atoms with Crippen molar-refractivity contribution < 1.29 is 28.8 Å². The van der Waals surface area contributed by atoms with Gasteiger partial charge in [-0.05, 0) is 66.3 Å². The van der Waals surface area contributed by atoms with E-state index in [1.165, 1.54) is 39.2 Å². The van der Waals surface area contributed by atoms with Crippen molar-refractivity contribution >= 4 is 47.4 Å². The first-order valence-corrected chi connectivity index (χ1v) is 15.1. The Morgan fingerprint density at radius 2 is 1.75 bits per heavy atom. The molecule has 0 aromatic heterocycles. The van der Waals surface area contributed by atoms with Gasteiger partial charge in [-0.25, -0.2) is 10.3 Å². The summed E-state index contributed by atoms with van der Waals surface area (Å²) < 4.78 is 4.57. The van der Waals surface area contributed by atoms with Crippen molar-refractivity contribution in [2.24, 2.45) is 0 Å². The molecule has 2 aliphatic rings. The van der Waals surface area contributed by atoms with Crippen LogP contribution in [-0.2, 0) is 32.2 Å². The van der Waals surface area contributed by atoms with E-state index in [1.54, 1.807) is 43.3 Å². The Balaban J connectivity index is 0.000000190. The summed E-state index contributed by atoms with van der Waals surface area (Å²) in [4.78, 5) is 48.5. The third-order valence-electron chi connectivity index (χ3n) is 7.06. The molecule has 1 fully saturated rings. The zero-order valence-electron chi connectivity index (χ0n) is 24.7. The fourth-order valence-corrected chi connectivity index (χ4v) is 5.54. The first-order chi connectivity index (χ1) is 21.2. The van der Waals surface area contributed by atoms with E-state index in [0.29, 0.717) is 28.1 Å². The highest BCUT2D eigenvalue weighted by Crippen LogP contribution is 2.31. The smallest absolute Gasteiger partial charge is 0.337 e. The fraction of sp³-hybridized carbons (Fsp3) is 0.333. The Kier molecular flexibility index (Phi) is 14.2. The SMILES string of the molecule is CC(=O)NC1CCCCC1.COC(=O)c1cccc(CONC=O)c1.O=C1N[C@@H](c2ccc(Cl)cc2Cl)Cc2ccccc21. The normalized spacial score (nSPS) is 15.5. The van der Waals surface area contributed by atoms with Crippen molar-refractivity contribution in [3.8, 4) is 0 Å². The van der Waals surface area contributed by atoms with Gasteiger partial charge in [0.15, 0.2) is 0 Å². The number of methoxy groups -OCH3 is 1. The molecule has 234 valence electrons. The maximum absolute atomic E-state index is 12.1. The van der Waals surface area contributed by atoms with Crippen molar-refractivity contribution in [1.29, 1.82) is 0 Å². The highest BCUT2D eigenvalue weighted by atomic mass is 35.5. The van der Waals surface area contributed by atoms with Crippen LogP contribution in [0, 0.1) is 0 Å². The van der Waals surface area contributed by atoms with Gasteiger partial charge in [-0.2, -0.15) is 0 Å². The molecule has 11 heteroatoms. The summed E-state index contributed by atoms with van der Waals surface area (Å²) in [5.41, 5.74) is 5.96. The van der Waals surface area contributed by atoms with Crippen molar-refractivity contribution in [2.75, 3.05) is 7.11 Å². The zero-order chi connectivity index (χ0) is 31.9. The van der Waals surface area contributed by atoms with Gasteiger partial charge in [0.1, 0.15) is 0 Å². The molecule has 1 aliphatic carbocycles. The summed E-state index contributed by atoms with van der Waals surface area (Å²) in [7, 11) is 1.32. The number of rotatable bonds is 7. The highest BCUT2D eigenvalue weighted by molar-refractivity contribution is 6.35. The van der Waals surface area contributed by atoms with Gasteiger partial charge in [-0.3, -0.25) is 19.2 Å². The molecule has 0 spiro atoms. The lowest BCUT2D eigenvalue weighted by molar-refractivity contribution is -0.121. The second-order valence-corrected chi connectivity index (χ2v) is 11.1. The molecule has 3 aromatic carbocycles. The minimum Gasteiger partial charge on any atom is -0.465 e. The van der Waals surface area contributed by atoms with Crippen molar-refractivity contribution in [3.63, 3.8) is 0 Å². The molecule has 5 rings (SSSR count). The molecule has 1 saturated carbocycles. The molecule has 1 heterocycles. The molecular formula is C33H37Cl2N3O6. The second-order valence-electron chi connectivity index (χ2n) is 10.3. The number of hydrogen-bond donors (Lipinski definition) is 3. The van der Waals surface area contributed by atoms with E-state index in [0.717, 1.165) is 28.7 Å². The van der Waals surface area contributed by atoms with E-state index in [-0.39, 0.29) is 24.5 Å². The second kappa shape index (κ2) is 18.0. The molecule has 3 amide bonds. The minimum absolute atomic E-state index is 0.0575. The third-order valence-corrected chi connectivity index (χ3v) is 7.62. The van der Waals surface area contributed by atoms with Crippen molar-refractivity contribution in [3.05, 3.63) is 105 Å². The predicted molar refractivity (Wildman–Crippen MR) is 169 cm³/mol. The van der Waals surface area contributed by atoms with E-state index >= 15 is 0 Å². The monoisotopic (exact) mass is 641 g/mol. The molecule has 1 aliphatic heterocycles. The molecule has 0 bridgehead atoms. The van der Waals surface area contributed by atoms with E-state index < -0.39 is 5.97 Å². The van der Waals surface area contributed by atoms with Crippen molar-refractivity contribution in [2.45, 2.75) is 64.1 Å². The first kappa shape index (κ1) is 34.6. The van der Waals surface area contributed by atoms with Gasteiger partial charge in [0.25, 0.3) is 5.91 Å². The molecule has 3 aromatic rings. The molecule has 44 heavy (non-hydrogen) atoms. The van der Waals surface area contributed by atoms with Crippen LogP contribution in [0.5, 0.6) is 0 Å². The van der Waals surface area contributed by atoms with Gasteiger partial charge in [0, 0.05) is 28.6 Å². The third kappa shape index (κ3) is 11.0. The number of benzene rings is 3. The van der Waals surface area contributed by atoms with Gasteiger partial charge in [0.05, 0.1) is 25.3 Å². The fourth-order valence-electron chi connectivity index (χ4n) is 5.00. The predicted octanol–water partition coefficient (Wildman–Crippen LogP) is 6.13. The molecule has 0 radical (unpaired) electrons. The van der Waals surface area contributed by atoms with Crippen LogP contribution >= 0.6 is 23.2 Å². The van der Waals surface area contributed by atoms with Gasteiger partial charge in [0.2, 0.25) is 12.3 Å². The van der Waals surface area contributed by atoms with Crippen LogP contribution in [0.3, 0.4) is 0 Å². The largest absolute Gasteiger partial charge is 0.465 e. The van der Waals surface area contributed by atoms with E-state index in [1.807, 2.05) is 30.3 Å². The van der Waals surface area contributed by atoms with Gasteiger partial charge in [-0.1, -0.05) is 78.9 Å². The Hall–Kier alpha value is -3.92. The van der Waals surface area contributed by atoms with Crippen molar-refractivity contribution in [1.82, 2.24) is 16.1 Å². The molecule has 0 saturated heterocycles. The number of nitrogens with one attached hydrogen (secondary N) is 3. The molecule has 0 unspecified atom stereocenters. The Morgan fingerprint density at radius 1 is 1.00 bits per heavy atom. The Bertz CT molecular complexity index is 1430. The van der Waals surface area contributed by atoms with Crippen LogP contribution in [0.4, 0.5) is 0 Å². The summed E-state index contributed by atoms with van der Waals surface area (Å²) in [5, 5.41) is 7.10. The summed E-state index contributed by atoms with van der Waals surface area (Å²) in [6.45, 7) is 1.79. The maximum atomic E-state index is 12.1. The van der Waals surface area contributed by atoms with E-state index in [4.69, 9.17) is 28.0 Å². The number of hydroxylamine groups is 1. The standard InChI is InChI=1S/C15H11Cl2NO.C10H11NO4.C8H15NO/c16-10-5-6-12(13(17)8-10)14-7-9-3-1-2-4-11(9)15(19)18-14;1-14-10(13)9-4-2-3-8(5-9)6-15-11-7-12;1-7(10)9-8-5-3-2-4-6-8/h1-6,8,14H,7H2,(H,18,19);2-5,7H,6H2,1H3,(H,11,12);8H,2-6H2,1H3,(H,9,10)/t14-;;/m1../s1. The highest BCUT2D eigenvalue weighted by Gasteiger charge is 2.26.